The van der Waals surface area contributed by atoms with Crippen molar-refractivity contribution in [3.8, 4) is 0 Å². The van der Waals surface area contributed by atoms with Crippen LogP contribution in [0.15, 0.2) is 12.4 Å². The summed E-state index contributed by atoms with van der Waals surface area (Å²) < 4.78 is 25.0. The zero-order valence-corrected chi connectivity index (χ0v) is 6.31. The lowest BCUT2D eigenvalue weighted by Crippen LogP contribution is -2.08. The number of aryl methyl sites for hydroxylation is 1. The van der Waals surface area contributed by atoms with Gasteiger partial charge in [-0.25, -0.2) is 18.7 Å². The van der Waals surface area contributed by atoms with Crippen molar-refractivity contribution in [3.05, 3.63) is 23.8 Å². The number of aromatic nitrogens is 2. The molecule has 0 saturated carbocycles. The van der Waals surface area contributed by atoms with E-state index in [0.29, 0.717) is 5.82 Å². The van der Waals surface area contributed by atoms with Gasteiger partial charge in [-0.15, -0.1) is 0 Å². The second-order valence-corrected chi connectivity index (χ2v) is 2.41. The predicted octanol–water partition coefficient (Wildman–Crippen LogP) is 1.90. The number of hydrogen-bond donors (Lipinski definition) is 0. The van der Waals surface area contributed by atoms with Gasteiger partial charge < -0.3 is 0 Å². The monoisotopic (exact) mass is 158 g/mol. The fraction of sp³-hybridized carbons (Fsp3) is 0.429. The standard InChI is InChI=1S/C7H8F2N2/c1-5-10-3-6(4-11-5)7(2,8)9/h3-4H,1-2H3. The molecule has 0 amide bonds. The third kappa shape index (κ3) is 1.93. The van der Waals surface area contributed by atoms with Gasteiger partial charge in [0.15, 0.2) is 0 Å². The Morgan fingerprint density at radius 2 is 1.73 bits per heavy atom. The fourth-order valence-corrected chi connectivity index (χ4v) is 0.619. The molecule has 1 aromatic heterocycles. The maximum Gasteiger partial charge on any atom is 0.273 e. The lowest BCUT2D eigenvalue weighted by molar-refractivity contribution is 0.0167. The van der Waals surface area contributed by atoms with E-state index < -0.39 is 5.92 Å². The average molecular weight is 158 g/mol. The van der Waals surface area contributed by atoms with Crippen molar-refractivity contribution in [2.45, 2.75) is 19.8 Å². The summed E-state index contributed by atoms with van der Waals surface area (Å²) in [4.78, 5) is 7.31. The van der Waals surface area contributed by atoms with Gasteiger partial charge in [0.25, 0.3) is 5.92 Å². The van der Waals surface area contributed by atoms with Crippen LogP contribution in [0, 0.1) is 6.92 Å². The van der Waals surface area contributed by atoms with E-state index in [2.05, 4.69) is 9.97 Å². The zero-order valence-electron chi connectivity index (χ0n) is 6.31. The topological polar surface area (TPSA) is 25.8 Å². The molecule has 4 heteroatoms. The molecule has 11 heavy (non-hydrogen) atoms. The highest BCUT2D eigenvalue weighted by molar-refractivity contribution is 5.10. The normalized spacial score (nSPS) is 11.6. The van der Waals surface area contributed by atoms with Crippen molar-refractivity contribution in [3.63, 3.8) is 0 Å². The van der Waals surface area contributed by atoms with Gasteiger partial charge in [0.1, 0.15) is 5.82 Å². The first-order valence-corrected chi connectivity index (χ1v) is 3.17. The van der Waals surface area contributed by atoms with Crippen molar-refractivity contribution in [1.29, 1.82) is 0 Å². The summed E-state index contributed by atoms with van der Waals surface area (Å²) in [7, 11) is 0. The number of nitrogens with zero attached hydrogens (tertiary/aromatic N) is 2. The maximum atomic E-state index is 12.5. The molecular weight excluding hydrogens is 150 g/mol. The van der Waals surface area contributed by atoms with Crippen LogP contribution in [0.2, 0.25) is 0 Å². The van der Waals surface area contributed by atoms with Crippen molar-refractivity contribution < 1.29 is 8.78 Å². The molecule has 0 spiro atoms. The molecule has 0 aromatic carbocycles. The van der Waals surface area contributed by atoms with Crippen LogP contribution in [0.25, 0.3) is 0 Å². The predicted molar refractivity (Wildman–Crippen MR) is 36.3 cm³/mol. The lowest BCUT2D eigenvalue weighted by Gasteiger charge is -2.08. The van der Waals surface area contributed by atoms with Crippen molar-refractivity contribution >= 4 is 0 Å². The maximum absolute atomic E-state index is 12.5. The van der Waals surface area contributed by atoms with E-state index in [1.807, 2.05) is 0 Å². The summed E-state index contributed by atoms with van der Waals surface area (Å²) in [5.41, 5.74) is -0.150. The van der Waals surface area contributed by atoms with Crippen LogP contribution in [-0.4, -0.2) is 9.97 Å². The van der Waals surface area contributed by atoms with Crippen molar-refractivity contribution in [2.75, 3.05) is 0 Å². The fourth-order valence-electron chi connectivity index (χ4n) is 0.619. The minimum atomic E-state index is -2.84. The molecule has 0 fully saturated rings. The quantitative estimate of drug-likeness (QED) is 0.623. The van der Waals surface area contributed by atoms with Crippen LogP contribution < -0.4 is 0 Å². The minimum Gasteiger partial charge on any atom is -0.241 e. The first-order valence-electron chi connectivity index (χ1n) is 3.17. The van der Waals surface area contributed by atoms with Gasteiger partial charge in [-0.05, 0) is 6.92 Å². The second kappa shape index (κ2) is 2.53. The number of alkyl halides is 2. The molecule has 0 unspecified atom stereocenters. The molecule has 1 heterocycles. The van der Waals surface area contributed by atoms with Crippen LogP contribution in [-0.2, 0) is 5.92 Å². The Kier molecular flexibility index (Phi) is 1.85. The van der Waals surface area contributed by atoms with Gasteiger partial charge in [0, 0.05) is 19.3 Å². The molecular formula is C7H8F2N2. The Labute approximate surface area is 63.3 Å². The van der Waals surface area contributed by atoms with Gasteiger partial charge in [-0.2, -0.15) is 0 Å². The average Bonchev–Trinajstić information content (AvgIpc) is 1.86. The molecule has 2 nitrogen and oxygen atoms in total. The third-order valence-electron chi connectivity index (χ3n) is 1.29. The summed E-state index contributed by atoms with van der Waals surface area (Å²) in [6.07, 6.45) is 2.28. The third-order valence-corrected chi connectivity index (χ3v) is 1.29. The van der Waals surface area contributed by atoms with E-state index in [0.717, 1.165) is 19.3 Å². The number of hydrogen-bond acceptors (Lipinski definition) is 2. The molecule has 1 aromatic rings. The highest BCUT2D eigenvalue weighted by atomic mass is 19.3. The summed E-state index contributed by atoms with van der Waals surface area (Å²) >= 11 is 0. The van der Waals surface area contributed by atoms with E-state index in [4.69, 9.17) is 0 Å². The van der Waals surface area contributed by atoms with E-state index in [1.54, 1.807) is 6.92 Å². The number of halogens is 2. The van der Waals surface area contributed by atoms with E-state index in [-0.39, 0.29) is 5.56 Å². The lowest BCUT2D eigenvalue weighted by atomic mass is 10.2. The van der Waals surface area contributed by atoms with E-state index >= 15 is 0 Å². The van der Waals surface area contributed by atoms with Crippen LogP contribution in [0.1, 0.15) is 18.3 Å². The molecule has 0 aliphatic rings. The highest BCUT2D eigenvalue weighted by Gasteiger charge is 2.24. The van der Waals surface area contributed by atoms with Crippen molar-refractivity contribution in [2.24, 2.45) is 0 Å². The summed E-state index contributed by atoms with van der Waals surface area (Å²) in [6, 6.07) is 0. The Balaban J connectivity index is 2.99. The Hall–Kier alpha value is -1.06. The van der Waals surface area contributed by atoms with Crippen LogP contribution in [0.3, 0.4) is 0 Å². The number of rotatable bonds is 1. The molecule has 0 aliphatic heterocycles. The van der Waals surface area contributed by atoms with Gasteiger partial charge in [0.2, 0.25) is 0 Å². The first-order chi connectivity index (χ1) is 5.00. The van der Waals surface area contributed by atoms with Gasteiger partial charge in [-0.1, -0.05) is 0 Å². The first kappa shape index (κ1) is 8.04. The summed E-state index contributed by atoms with van der Waals surface area (Å²) in [6.45, 7) is 2.47. The SMILES string of the molecule is Cc1ncc(C(C)(F)F)cn1. The van der Waals surface area contributed by atoms with Crippen LogP contribution in [0.5, 0.6) is 0 Å². The molecule has 0 aliphatic carbocycles. The molecule has 0 radical (unpaired) electrons. The minimum absolute atomic E-state index is 0.150. The zero-order chi connectivity index (χ0) is 8.48. The molecule has 0 saturated heterocycles. The summed E-state index contributed by atoms with van der Waals surface area (Å²) in [5, 5.41) is 0. The molecule has 0 N–H and O–H groups in total. The van der Waals surface area contributed by atoms with Gasteiger partial charge in [-0.3, -0.25) is 0 Å². The largest absolute Gasteiger partial charge is 0.273 e. The Morgan fingerprint density at radius 1 is 1.27 bits per heavy atom. The highest BCUT2D eigenvalue weighted by Crippen LogP contribution is 2.24. The van der Waals surface area contributed by atoms with Gasteiger partial charge in [0.05, 0.1) is 5.56 Å². The Morgan fingerprint density at radius 3 is 2.09 bits per heavy atom. The van der Waals surface area contributed by atoms with Gasteiger partial charge >= 0.3 is 0 Å². The van der Waals surface area contributed by atoms with Crippen LogP contribution in [0.4, 0.5) is 8.78 Å². The second-order valence-electron chi connectivity index (χ2n) is 2.41. The van der Waals surface area contributed by atoms with Crippen molar-refractivity contribution in [1.82, 2.24) is 9.97 Å². The molecule has 0 bridgehead atoms. The van der Waals surface area contributed by atoms with Crippen LogP contribution >= 0.6 is 0 Å². The molecule has 0 atom stereocenters. The Bertz CT molecular complexity index is 238. The summed E-state index contributed by atoms with van der Waals surface area (Å²) in [5.74, 6) is -2.34. The molecule has 1 rings (SSSR count). The smallest absolute Gasteiger partial charge is 0.241 e. The van der Waals surface area contributed by atoms with E-state index in [9.17, 15) is 8.78 Å². The molecule has 60 valence electrons. The van der Waals surface area contributed by atoms with E-state index in [1.165, 1.54) is 0 Å².